The molecule has 1 nitrogen and oxygen atoms in total. The SMILES string of the molecule is CCCCC/C=C(/CC=O)Sc1ccccc1. The Balaban J connectivity index is 2.50. The Morgan fingerprint density at radius 1 is 1.24 bits per heavy atom. The van der Waals surface area contributed by atoms with Gasteiger partial charge in [-0.2, -0.15) is 0 Å². The predicted molar refractivity (Wildman–Crippen MR) is 75.2 cm³/mol. The van der Waals surface area contributed by atoms with Gasteiger partial charge in [-0.25, -0.2) is 0 Å². The van der Waals surface area contributed by atoms with Crippen molar-refractivity contribution in [2.45, 2.75) is 43.9 Å². The van der Waals surface area contributed by atoms with Gasteiger partial charge in [0.1, 0.15) is 6.29 Å². The van der Waals surface area contributed by atoms with E-state index in [2.05, 4.69) is 25.1 Å². The van der Waals surface area contributed by atoms with Crippen molar-refractivity contribution >= 4 is 18.0 Å². The van der Waals surface area contributed by atoms with Gasteiger partial charge in [-0.1, -0.05) is 55.8 Å². The summed E-state index contributed by atoms with van der Waals surface area (Å²) in [5.41, 5.74) is 0. The van der Waals surface area contributed by atoms with E-state index in [0.717, 1.165) is 12.7 Å². The van der Waals surface area contributed by atoms with Crippen molar-refractivity contribution in [1.29, 1.82) is 0 Å². The highest BCUT2D eigenvalue weighted by molar-refractivity contribution is 8.03. The first kappa shape index (κ1) is 14.0. The zero-order valence-electron chi connectivity index (χ0n) is 10.4. The summed E-state index contributed by atoms with van der Waals surface area (Å²) in [7, 11) is 0. The van der Waals surface area contributed by atoms with Crippen LogP contribution >= 0.6 is 11.8 Å². The molecular formula is C15H20OS. The largest absolute Gasteiger partial charge is 0.303 e. The van der Waals surface area contributed by atoms with E-state index in [9.17, 15) is 4.79 Å². The van der Waals surface area contributed by atoms with Crippen LogP contribution in [0.15, 0.2) is 46.2 Å². The van der Waals surface area contributed by atoms with Gasteiger partial charge in [0.15, 0.2) is 0 Å². The van der Waals surface area contributed by atoms with E-state index in [4.69, 9.17) is 0 Å². The Morgan fingerprint density at radius 3 is 2.65 bits per heavy atom. The molecule has 0 unspecified atom stereocenters. The summed E-state index contributed by atoms with van der Waals surface area (Å²) in [4.78, 5) is 13.0. The number of benzene rings is 1. The number of carbonyl (C=O) groups is 1. The third-order valence-corrected chi connectivity index (χ3v) is 3.56. The van der Waals surface area contributed by atoms with Crippen LogP contribution in [0.4, 0.5) is 0 Å². The number of allylic oxidation sites excluding steroid dienone is 2. The molecule has 0 saturated carbocycles. The molecule has 0 atom stereocenters. The lowest BCUT2D eigenvalue weighted by molar-refractivity contribution is -0.107. The van der Waals surface area contributed by atoms with Crippen molar-refractivity contribution in [2.24, 2.45) is 0 Å². The lowest BCUT2D eigenvalue weighted by atomic mass is 10.2. The maximum absolute atomic E-state index is 10.6. The van der Waals surface area contributed by atoms with E-state index in [0.29, 0.717) is 6.42 Å². The van der Waals surface area contributed by atoms with Gasteiger partial charge in [0, 0.05) is 11.3 Å². The second-order valence-corrected chi connectivity index (χ2v) is 5.15. The zero-order valence-corrected chi connectivity index (χ0v) is 11.2. The minimum absolute atomic E-state index is 0.533. The molecule has 0 radical (unpaired) electrons. The second kappa shape index (κ2) is 9.06. The minimum atomic E-state index is 0.533. The van der Waals surface area contributed by atoms with Crippen LogP contribution in [0.3, 0.4) is 0 Å². The fourth-order valence-corrected chi connectivity index (χ4v) is 2.49. The van der Waals surface area contributed by atoms with Crippen molar-refractivity contribution in [3.63, 3.8) is 0 Å². The Morgan fingerprint density at radius 2 is 2.00 bits per heavy atom. The molecule has 0 saturated heterocycles. The lowest BCUT2D eigenvalue weighted by Gasteiger charge is -2.04. The highest BCUT2D eigenvalue weighted by atomic mass is 32.2. The molecule has 0 heterocycles. The normalized spacial score (nSPS) is 11.5. The van der Waals surface area contributed by atoms with Crippen LogP contribution < -0.4 is 0 Å². The summed E-state index contributed by atoms with van der Waals surface area (Å²) in [6, 6.07) is 10.2. The van der Waals surface area contributed by atoms with E-state index in [1.54, 1.807) is 11.8 Å². The number of hydrogen-bond donors (Lipinski definition) is 0. The number of aldehydes is 1. The monoisotopic (exact) mass is 248 g/mol. The average Bonchev–Trinajstić information content (AvgIpc) is 2.36. The molecule has 92 valence electrons. The number of thioether (sulfide) groups is 1. The van der Waals surface area contributed by atoms with Gasteiger partial charge in [0.05, 0.1) is 0 Å². The van der Waals surface area contributed by atoms with Gasteiger partial charge < -0.3 is 4.79 Å². The summed E-state index contributed by atoms with van der Waals surface area (Å²) in [5, 5.41) is 0. The molecule has 1 rings (SSSR count). The summed E-state index contributed by atoms with van der Waals surface area (Å²) in [6.07, 6.45) is 8.53. The summed E-state index contributed by atoms with van der Waals surface area (Å²) in [5.74, 6) is 0. The Bertz CT molecular complexity index is 343. The van der Waals surface area contributed by atoms with E-state index in [1.165, 1.54) is 29.1 Å². The smallest absolute Gasteiger partial charge is 0.124 e. The van der Waals surface area contributed by atoms with E-state index in [1.807, 2.05) is 18.2 Å². The fourth-order valence-electron chi connectivity index (χ4n) is 1.55. The molecule has 2 heteroatoms. The molecule has 0 aliphatic carbocycles. The van der Waals surface area contributed by atoms with Gasteiger partial charge in [0.25, 0.3) is 0 Å². The molecule has 0 aliphatic rings. The van der Waals surface area contributed by atoms with Crippen LogP contribution in [0.25, 0.3) is 0 Å². The fraction of sp³-hybridized carbons (Fsp3) is 0.400. The quantitative estimate of drug-likeness (QED) is 0.372. The van der Waals surface area contributed by atoms with Crippen LogP contribution in [0.5, 0.6) is 0 Å². The molecule has 0 spiro atoms. The highest BCUT2D eigenvalue weighted by Gasteiger charge is 1.99. The first-order valence-corrected chi connectivity index (χ1v) is 7.04. The maximum Gasteiger partial charge on any atom is 0.124 e. The van der Waals surface area contributed by atoms with Gasteiger partial charge in [-0.05, 0) is 29.9 Å². The van der Waals surface area contributed by atoms with Gasteiger partial charge in [-0.3, -0.25) is 0 Å². The molecule has 0 aliphatic heterocycles. The van der Waals surface area contributed by atoms with Crippen LogP contribution in [0, 0.1) is 0 Å². The standard InChI is InChI=1S/C15H20OS/c1-2-3-4-6-11-15(12-13-16)17-14-9-7-5-8-10-14/h5,7-11,13H,2-4,6,12H2,1H3/b15-11-. The molecule has 0 amide bonds. The van der Waals surface area contributed by atoms with Crippen molar-refractivity contribution in [2.75, 3.05) is 0 Å². The van der Waals surface area contributed by atoms with Crippen molar-refractivity contribution in [3.8, 4) is 0 Å². The molecule has 1 aromatic rings. The number of unbranched alkanes of at least 4 members (excludes halogenated alkanes) is 3. The third kappa shape index (κ3) is 6.32. The molecule has 1 aromatic carbocycles. The highest BCUT2D eigenvalue weighted by Crippen LogP contribution is 2.28. The lowest BCUT2D eigenvalue weighted by Crippen LogP contribution is -1.82. The van der Waals surface area contributed by atoms with Crippen LogP contribution in [-0.4, -0.2) is 6.29 Å². The zero-order chi connectivity index (χ0) is 12.3. The molecular weight excluding hydrogens is 228 g/mol. The van der Waals surface area contributed by atoms with Crippen LogP contribution in [-0.2, 0) is 4.79 Å². The Kier molecular flexibility index (Phi) is 7.48. The Hall–Kier alpha value is -1.02. The number of hydrogen-bond acceptors (Lipinski definition) is 2. The molecule has 0 N–H and O–H groups in total. The summed E-state index contributed by atoms with van der Waals surface area (Å²) >= 11 is 1.70. The first-order chi connectivity index (χ1) is 8.36. The van der Waals surface area contributed by atoms with E-state index in [-0.39, 0.29) is 0 Å². The van der Waals surface area contributed by atoms with Gasteiger partial charge in [0.2, 0.25) is 0 Å². The molecule has 17 heavy (non-hydrogen) atoms. The Labute approximate surface area is 108 Å². The minimum Gasteiger partial charge on any atom is -0.303 e. The van der Waals surface area contributed by atoms with Crippen molar-refractivity contribution in [1.82, 2.24) is 0 Å². The van der Waals surface area contributed by atoms with E-state index >= 15 is 0 Å². The van der Waals surface area contributed by atoms with Gasteiger partial charge >= 0.3 is 0 Å². The van der Waals surface area contributed by atoms with Crippen molar-refractivity contribution in [3.05, 3.63) is 41.3 Å². The second-order valence-electron chi connectivity index (χ2n) is 3.95. The van der Waals surface area contributed by atoms with Crippen LogP contribution in [0.1, 0.15) is 39.0 Å². The number of rotatable bonds is 8. The topological polar surface area (TPSA) is 17.1 Å². The third-order valence-electron chi connectivity index (χ3n) is 2.46. The molecule has 0 bridgehead atoms. The first-order valence-electron chi connectivity index (χ1n) is 6.22. The predicted octanol–water partition coefficient (Wildman–Crippen LogP) is 4.83. The molecule has 0 fully saturated rings. The summed E-state index contributed by atoms with van der Waals surface area (Å²) < 4.78 is 0. The van der Waals surface area contributed by atoms with Gasteiger partial charge in [-0.15, -0.1) is 0 Å². The summed E-state index contributed by atoms with van der Waals surface area (Å²) in [6.45, 7) is 2.20. The van der Waals surface area contributed by atoms with E-state index < -0.39 is 0 Å². The van der Waals surface area contributed by atoms with Crippen LogP contribution in [0.2, 0.25) is 0 Å². The van der Waals surface area contributed by atoms with Crippen molar-refractivity contribution < 1.29 is 4.79 Å². The average molecular weight is 248 g/mol. The maximum atomic E-state index is 10.6. The molecule has 0 aromatic heterocycles. The number of carbonyl (C=O) groups excluding carboxylic acids is 1.